The van der Waals surface area contributed by atoms with E-state index in [1.165, 1.54) is 12.6 Å². The molecule has 0 saturated heterocycles. The molecule has 0 unspecified atom stereocenters. The first-order chi connectivity index (χ1) is 11.9. The average Bonchev–Trinajstić information content (AvgIpc) is 3.09. The first-order valence-corrected chi connectivity index (χ1v) is 9.50. The minimum absolute atomic E-state index is 0.0430. The van der Waals surface area contributed by atoms with Crippen LogP contribution in [0.5, 0.6) is 0 Å². The molecule has 3 rings (SSSR count). The van der Waals surface area contributed by atoms with Crippen molar-refractivity contribution in [1.82, 2.24) is 14.8 Å². The van der Waals surface area contributed by atoms with Crippen LogP contribution in [0.2, 0.25) is 0 Å². The first-order valence-electron chi connectivity index (χ1n) is 7.44. The van der Waals surface area contributed by atoms with Crippen molar-refractivity contribution in [2.45, 2.75) is 5.75 Å². The standard InChI is InChI=1S/C17H16N4O3S/c1-25(23,24)10-13-2-4-14(5-3-13)17(22)20-15-6-8-16(9-7-15)21-12-18-11-19-21/h2-9,11-12H,10H2,1H3,(H,20,22). The molecule has 1 amide bonds. The first kappa shape index (κ1) is 16.8. The second kappa shape index (κ2) is 6.86. The van der Waals surface area contributed by atoms with Crippen LogP contribution < -0.4 is 5.32 Å². The summed E-state index contributed by atoms with van der Waals surface area (Å²) in [6.07, 6.45) is 4.21. The summed E-state index contributed by atoms with van der Waals surface area (Å²) in [6.45, 7) is 0. The number of nitrogens with zero attached hydrogens (tertiary/aromatic N) is 3. The van der Waals surface area contributed by atoms with Crippen molar-refractivity contribution in [3.8, 4) is 5.69 Å². The monoisotopic (exact) mass is 356 g/mol. The van der Waals surface area contributed by atoms with Crippen LogP contribution in [-0.4, -0.2) is 35.3 Å². The lowest BCUT2D eigenvalue weighted by Gasteiger charge is -2.07. The molecular formula is C17H16N4O3S. The predicted octanol–water partition coefficient (Wildman–Crippen LogP) is 2.06. The Morgan fingerprint density at radius 2 is 1.76 bits per heavy atom. The Morgan fingerprint density at radius 3 is 2.32 bits per heavy atom. The van der Waals surface area contributed by atoms with E-state index in [2.05, 4.69) is 15.4 Å². The lowest BCUT2D eigenvalue weighted by molar-refractivity contribution is 0.102. The van der Waals surface area contributed by atoms with Gasteiger partial charge in [0.1, 0.15) is 12.7 Å². The molecule has 7 nitrogen and oxygen atoms in total. The Balaban J connectivity index is 1.67. The highest BCUT2D eigenvalue weighted by Gasteiger charge is 2.09. The molecule has 0 radical (unpaired) electrons. The topological polar surface area (TPSA) is 94.0 Å². The van der Waals surface area contributed by atoms with Gasteiger partial charge in [-0.3, -0.25) is 4.79 Å². The molecule has 8 heteroatoms. The minimum atomic E-state index is -3.09. The van der Waals surface area contributed by atoms with Crippen molar-refractivity contribution in [3.05, 3.63) is 72.3 Å². The molecule has 25 heavy (non-hydrogen) atoms. The number of carbonyl (C=O) groups is 1. The van der Waals surface area contributed by atoms with Crippen LogP contribution in [0.25, 0.3) is 5.69 Å². The normalized spacial score (nSPS) is 11.2. The number of anilines is 1. The highest BCUT2D eigenvalue weighted by molar-refractivity contribution is 7.89. The van der Waals surface area contributed by atoms with Gasteiger partial charge in [0.15, 0.2) is 9.84 Å². The van der Waals surface area contributed by atoms with Crippen LogP contribution in [0.15, 0.2) is 61.2 Å². The summed E-state index contributed by atoms with van der Waals surface area (Å²) in [5.74, 6) is -0.307. The number of nitrogens with one attached hydrogen (secondary N) is 1. The summed E-state index contributed by atoms with van der Waals surface area (Å²) in [7, 11) is -3.09. The molecule has 1 heterocycles. The summed E-state index contributed by atoms with van der Waals surface area (Å²) >= 11 is 0. The molecule has 0 atom stereocenters. The Bertz CT molecular complexity index is 964. The minimum Gasteiger partial charge on any atom is -0.322 e. The maximum atomic E-state index is 12.3. The van der Waals surface area contributed by atoms with Gasteiger partial charge in [-0.15, -0.1) is 0 Å². The highest BCUT2D eigenvalue weighted by Crippen LogP contribution is 2.14. The highest BCUT2D eigenvalue weighted by atomic mass is 32.2. The lowest BCUT2D eigenvalue weighted by Crippen LogP contribution is -2.12. The second-order valence-corrected chi connectivity index (χ2v) is 7.75. The molecule has 1 N–H and O–H groups in total. The number of benzene rings is 2. The quantitative estimate of drug-likeness (QED) is 0.755. The smallest absolute Gasteiger partial charge is 0.255 e. The fraction of sp³-hybridized carbons (Fsp3) is 0.118. The van der Waals surface area contributed by atoms with Gasteiger partial charge in [0.25, 0.3) is 5.91 Å². The van der Waals surface area contributed by atoms with Gasteiger partial charge >= 0.3 is 0 Å². The third-order valence-electron chi connectivity index (χ3n) is 3.45. The number of hydrogen-bond donors (Lipinski definition) is 1. The molecular weight excluding hydrogens is 340 g/mol. The Labute approximate surface area is 145 Å². The van der Waals surface area contributed by atoms with Gasteiger partial charge in [0.05, 0.1) is 11.4 Å². The molecule has 0 saturated carbocycles. The van der Waals surface area contributed by atoms with Gasteiger partial charge in [0, 0.05) is 17.5 Å². The van der Waals surface area contributed by atoms with Crippen LogP contribution in [0.1, 0.15) is 15.9 Å². The van der Waals surface area contributed by atoms with E-state index < -0.39 is 9.84 Å². The predicted molar refractivity (Wildman–Crippen MR) is 94.3 cm³/mol. The SMILES string of the molecule is CS(=O)(=O)Cc1ccc(C(=O)Nc2ccc(-n3cncn3)cc2)cc1. The van der Waals surface area contributed by atoms with E-state index in [0.717, 1.165) is 5.69 Å². The van der Waals surface area contributed by atoms with E-state index in [4.69, 9.17) is 0 Å². The third kappa shape index (κ3) is 4.51. The van der Waals surface area contributed by atoms with E-state index >= 15 is 0 Å². The summed E-state index contributed by atoms with van der Waals surface area (Å²) in [6, 6.07) is 13.7. The van der Waals surface area contributed by atoms with Crippen molar-refractivity contribution in [3.63, 3.8) is 0 Å². The van der Waals surface area contributed by atoms with Gasteiger partial charge in [0.2, 0.25) is 0 Å². The second-order valence-electron chi connectivity index (χ2n) is 5.61. The Morgan fingerprint density at radius 1 is 1.08 bits per heavy atom. The Hall–Kier alpha value is -3.00. The van der Waals surface area contributed by atoms with Crippen LogP contribution in [0, 0.1) is 0 Å². The number of carbonyl (C=O) groups excluding carboxylic acids is 1. The fourth-order valence-electron chi connectivity index (χ4n) is 2.30. The number of amides is 1. The van der Waals surface area contributed by atoms with Gasteiger partial charge in [-0.25, -0.2) is 18.1 Å². The van der Waals surface area contributed by atoms with E-state index in [1.54, 1.807) is 47.4 Å². The molecule has 2 aromatic carbocycles. The van der Waals surface area contributed by atoms with E-state index in [0.29, 0.717) is 16.8 Å². The lowest BCUT2D eigenvalue weighted by atomic mass is 10.1. The summed E-state index contributed by atoms with van der Waals surface area (Å²) in [4.78, 5) is 16.1. The molecule has 0 aliphatic rings. The summed E-state index contributed by atoms with van der Waals surface area (Å²) in [5.41, 5.74) is 2.59. The Kier molecular flexibility index (Phi) is 4.62. The zero-order valence-electron chi connectivity index (χ0n) is 13.5. The maximum absolute atomic E-state index is 12.3. The number of aromatic nitrogens is 3. The third-order valence-corrected chi connectivity index (χ3v) is 4.31. The van der Waals surface area contributed by atoms with Gasteiger partial charge in [-0.1, -0.05) is 12.1 Å². The molecule has 0 aliphatic heterocycles. The van der Waals surface area contributed by atoms with E-state index in [9.17, 15) is 13.2 Å². The van der Waals surface area contributed by atoms with Crippen LogP contribution in [0.4, 0.5) is 5.69 Å². The summed E-state index contributed by atoms with van der Waals surface area (Å²) in [5, 5.41) is 6.83. The molecule has 128 valence electrons. The van der Waals surface area contributed by atoms with Gasteiger partial charge in [-0.05, 0) is 42.0 Å². The van der Waals surface area contributed by atoms with Crippen LogP contribution >= 0.6 is 0 Å². The molecule has 0 aliphatic carbocycles. The van der Waals surface area contributed by atoms with Crippen molar-refractivity contribution < 1.29 is 13.2 Å². The molecule has 0 spiro atoms. The maximum Gasteiger partial charge on any atom is 0.255 e. The zero-order valence-corrected chi connectivity index (χ0v) is 14.3. The largest absolute Gasteiger partial charge is 0.322 e. The fourth-order valence-corrected chi connectivity index (χ4v) is 3.10. The average molecular weight is 356 g/mol. The van der Waals surface area contributed by atoms with E-state index in [1.807, 2.05) is 12.1 Å². The van der Waals surface area contributed by atoms with Crippen LogP contribution in [-0.2, 0) is 15.6 Å². The van der Waals surface area contributed by atoms with Gasteiger partial charge < -0.3 is 5.32 Å². The van der Waals surface area contributed by atoms with Crippen molar-refractivity contribution in [1.29, 1.82) is 0 Å². The van der Waals surface area contributed by atoms with E-state index in [-0.39, 0.29) is 11.7 Å². The number of rotatable bonds is 5. The molecule has 1 aromatic heterocycles. The molecule has 0 bridgehead atoms. The van der Waals surface area contributed by atoms with Crippen molar-refractivity contribution in [2.24, 2.45) is 0 Å². The van der Waals surface area contributed by atoms with Crippen molar-refractivity contribution in [2.75, 3.05) is 11.6 Å². The molecule has 3 aromatic rings. The van der Waals surface area contributed by atoms with Gasteiger partial charge in [-0.2, -0.15) is 5.10 Å². The zero-order chi connectivity index (χ0) is 17.9. The number of hydrogen-bond acceptors (Lipinski definition) is 5. The van der Waals surface area contributed by atoms with Crippen molar-refractivity contribution >= 4 is 21.4 Å². The summed E-state index contributed by atoms with van der Waals surface area (Å²) < 4.78 is 24.2. The number of sulfone groups is 1. The van der Waals surface area contributed by atoms with Crippen LogP contribution in [0.3, 0.4) is 0 Å². The molecule has 0 fully saturated rings.